The van der Waals surface area contributed by atoms with Crippen LogP contribution in [0.25, 0.3) is 0 Å². The minimum atomic E-state index is -4.28. The summed E-state index contributed by atoms with van der Waals surface area (Å²) in [6.45, 7) is 4.74. The Morgan fingerprint density at radius 3 is 2.60 bits per heavy atom. The van der Waals surface area contributed by atoms with Gasteiger partial charge in [-0.2, -0.15) is 13.2 Å². The van der Waals surface area contributed by atoms with Crippen molar-refractivity contribution in [3.63, 3.8) is 0 Å². The van der Waals surface area contributed by atoms with E-state index in [-0.39, 0.29) is 24.1 Å². The molecule has 142 valence electrons. The zero-order valence-corrected chi connectivity index (χ0v) is 15.2. The Bertz CT molecular complexity index is 705. The number of nitrogens with zero attached hydrogens (tertiary/aromatic N) is 1. The van der Waals surface area contributed by atoms with E-state index < -0.39 is 28.8 Å². The molecule has 1 fully saturated rings. The van der Waals surface area contributed by atoms with Crippen molar-refractivity contribution in [2.24, 2.45) is 0 Å². The minimum absolute atomic E-state index is 0.0302. The predicted molar refractivity (Wildman–Crippen MR) is 88.2 cm³/mol. The Hall–Kier alpha value is -1.32. The number of sulfonamides is 1. The summed E-state index contributed by atoms with van der Waals surface area (Å²) >= 11 is 0. The Morgan fingerprint density at radius 1 is 1.36 bits per heavy atom. The van der Waals surface area contributed by atoms with E-state index in [1.165, 1.54) is 17.0 Å². The average molecular weight is 380 g/mol. The molecule has 0 aliphatic carbocycles. The number of hydrogen-bond donors (Lipinski definition) is 1. The molecule has 0 radical (unpaired) electrons. The molecule has 1 aromatic carbocycles. The lowest BCUT2D eigenvalue weighted by molar-refractivity contribution is -0.143. The van der Waals surface area contributed by atoms with Crippen molar-refractivity contribution in [2.75, 3.05) is 19.6 Å². The van der Waals surface area contributed by atoms with Gasteiger partial charge in [0.15, 0.2) is 0 Å². The summed E-state index contributed by atoms with van der Waals surface area (Å²) < 4.78 is 70.3. The SMILES string of the molecule is Cc1cc(S(=O)(=O)NC2CCN(CC(F)(F)F)C2)ccc1OC(C)C. The van der Waals surface area contributed by atoms with Crippen LogP contribution in [0.3, 0.4) is 0 Å². The van der Waals surface area contributed by atoms with Crippen LogP contribution in [0.15, 0.2) is 23.1 Å². The number of halogens is 3. The first-order chi connectivity index (χ1) is 11.5. The van der Waals surface area contributed by atoms with Crippen LogP contribution in [0.5, 0.6) is 5.75 Å². The van der Waals surface area contributed by atoms with E-state index in [1.807, 2.05) is 13.8 Å². The van der Waals surface area contributed by atoms with Crippen molar-refractivity contribution >= 4 is 10.0 Å². The van der Waals surface area contributed by atoms with Gasteiger partial charge in [0.1, 0.15) is 5.75 Å². The van der Waals surface area contributed by atoms with E-state index in [0.717, 1.165) is 0 Å². The first kappa shape index (κ1) is 20.0. The molecule has 0 saturated carbocycles. The summed E-state index contributed by atoms with van der Waals surface area (Å²) in [4.78, 5) is 1.29. The molecular formula is C16H23F3N2O3S. The molecule has 0 aromatic heterocycles. The molecule has 1 saturated heterocycles. The van der Waals surface area contributed by atoms with Gasteiger partial charge >= 0.3 is 6.18 Å². The van der Waals surface area contributed by atoms with Crippen LogP contribution in [0.4, 0.5) is 13.2 Å². The third-order valence-corrected chi connectivity index (χ3v) is 5.33. The van der Waals surface area contributed by atoms with Gasteiger partial charge in [0.25, 0.3) is 0 Å². The van der Waals surface area contributed by atoms with Gasteiger partial charge in [-0.3, -0.25) is 4.90 Å². The molecule has 2 rings (SSSR count). The van der Waals surface area contributed by atoms with E-state index in [9.17, 15) is 21.6 Å². The predicted octanol–water partition coefficient (Wildman–Crippen LogP) is 2.70. The maximum Gasteiger partial charge on any atom is 0.401 e. The lowest BCUT2D eigenvalue weighted by Crippen LogP contribution is -2.39. The number of benzene rings is 1. The van der Waals surface area contributed by atoms with Gasteiger partial charge in [0, 0.05) is 19.1 Å². The Balaban J connectivity index is 2.04. The maximum atomic E-state index is 12.5. The molecule has 25 heavy (non-hydrogen) atoms. The van der Waals surface area contributed by atoms with Gasteiger partial charge < -0.3 is 4.74 Å². The number of alkyl halides is 3. The molecule has 5 nitrogen and oxygen atoms in total. The van der Waals surface area contributed by atoms with E-state index in [4.69, 9.17) is 4.74 Å². The van der Waals surface area contributed by atoms with Crippen molar-refractivity contribution < 1.29 is 26.3 Å². The molecule has 1 aromatic rings. The monoisotopic (exact) mass is 380 g/mol. The molecule has 1 aliphatic rings. The summed E-state index contributed by atoms with van der Waals surface area (Å²) in [5.74, 6) is 0.603. The summed E-state index contributed by atoms with van der Waals surface area (Å²) in [6, 6.07) is 4.01. The summed E-state index contributed by atoms with van der Waals surface area (Å²) in [5, 5.41) is 0. The van der Waals surface area contributed by atoms with E-state index in [0.29, 0.717) is 17.7 Å². The molecule has 1 N–H and O–H groups in total. The molecule has 1 unspecified atom stereocenters. The fraction of sp³-hybridized carbons (Fsp3) is 0.625. The van der Waals surface area contributed by atoms with Gasteiger partial charge in [-0.1, -0.05) is 0 Å². The fourth-order valence-electron chi connectivity index (χ4n) is 2.79. The van der Waals surface area contributed by atoms with Crippen molar-refractivity contribution in [3.8, 4) is 5.75 Å². The smallest absolute Gasteiger partial charge is 0.401 e. The normalized spacial score (nSPS) is 19.6. The standard InChI is InChI=1S/C16H23F3N2O3S/c1-11(2)24-15-5-4-14(8-12(15)3)25(22,23)20-13-6-7-21(9-13)10-16(17,18)19/h4-5,8,11,13,20H,6-7,9-10H2,1-3H3. The number of nitrogens with one attached hydrogen (secondary N) is 1. The first-order valence-electron chi connectivity index (χ1n) is 8.05. The Morgan fingerprint density at radius 2 is 2.04 bits per heavy atom. The Labute approximate surface area is 146 Å². The Kier molecular flexibility index (Phi) is 6.01. The zero-order chi connectivity index (χ0) is 18.8. The molecule has 0 spiro atoms. The topological polar surface area (TPSA) is 58.6 Å². The van der Waals surface area contributed by atoms with Gasteiger partial charge in [-0.25, -0.2) is 13.1 Å². The van der Waals surface area contributed by atoms with Crippen molar-refractivity contribution in [1.82, 2.24) is 9.62 Å². The second-order valence-corrected chi connectivity index (χ2v) is 8.27. The van der Waals surface area contributed by atoms with E-state index in [1.54, 1.807) is 13.0 Å². The van der Waals surface area contributed by atoms with Gasteiger partial charge in [0.05, 0.1) is 17.5 Å². The molecule has 1 atom stereocenters. The van der Waals surface area contributed by atoms with Crippen molar-refractivity contribution in [2.45, 2.75) is 50.4 Å². The van der Waals surface area contributed by atoms with Crippen molar-refractivity contribution in [1.29, 1.82) is 0 Å². The van der Waals surface area contributed by atoms with Crippen molar-refractivity contribution in [3.05, 3.63) is 23.8 Å². The van der Waals surface area contributed by atoms with Crippen LogP contribution < -0.4 is 9.46 Å². The maximum absolute atomic E-state index is 12.5. The highest BCUT2D eigenvalue weighted by atomic mass is 32.2. The third-order valence-electron chi connectivity index (χ3n) is 3.82. The zero-order valence-electron chi connectivity index (χ0n) is 14.4. The highest BCUT2D eigenvalue weighted by Gasteiger charge is 2.35. The first-order valence-corrected chi connectivity index (χ1v) is 9.53. The molecule has 1 aliphatic heterocycles. The van der Waals surface area contributed by atoms with Gasteiger partial charge in [-0.15, -0.1) is 0 Å². The van der Waals surface area contributed by atoms with Crippen LogP contribution in [0.2, 0.25) is 0 Å². The number of aryl methyl sites for hydroxylation is 1. The van der Waals surface area contributed by atoms with Crippen LogP contribution in [0.1, 0.15) is 25.8 Å². The summed E-state index contributed by atoms with van der Waals surface area (Å²) in [6.07, 6.45) is -3.96. The third kappa shape index (κ3) is 5.86. The van der Waals surface area contributed by atoms with Gasteiger partial charge in [-0.05, 0) is 51.0 Å². The largest absolute Gasteiger partial charge is 0.491 e. The fourth-order valence-corrected chi connectivity index (χ4v) is 4.14. The number of hydrogen-bond acceptors (Lipinski definition) is 4. The van der Waals surface area contributed by atoms with E-state index >= 15 is 0 Å². The number of rotatable bonds is 6. The average Bonchev–Trinajstić information content (AvgIpc) is 2.84. The van der Waals surface area contributed by atoms with Crippen LogP contribution in [-0.4, -0.2) is 51.3 Å². The minimum Gasteiger partial charge on any atom is -0.491 e. The number of likely N-dealkylation sites (tertiary alicyclic amines) is 1. The lowest BCUT2D eigenvalue weighted by atomic mass is 10.2. The van der Waals surface area contributed by atoms with Crippen LogP contribution >= 0.6 is 0 Å². The summed E-state index contributed by atoms with van der Waals surface area (Å²) in [7, 11) is -3.79. The molecule has 0 bridgehead atoms. The lowest BCUT2D eigenvalue weighted by Gasteiger charge is -2.18. The van der Waals surface area contributed by atoms with Crippen LogP contribution in [0, 0.1) is 6.92 Å². The molecule has 9 heteroatoms. The second kappa shape index (κ2) is 7.51. The van der Waals surface area contributed by atoms with Gasteiger partial charge in [0.2, 0.25) is 10.0 Å². The highest BCUT2D eigenvalue weighted by molar-refractivity contribution is 7.89. The van der Waals surface area contributed by atoms with Crippen LogP contribution in [-0.2, 0) is 10.0 Å². The summed E-state index contributed by atoms with van der Waals surface area (Å²) in [5.41, 5.74) is 0.682. The molecule has 1 heterocycles. The molecular weight excluding hydrogens is 357 g/mol. The highest BCUT2D eigenvalue weighted by Crippen LogP contribution is 2.24. The number of ether oxygens (including phenoxy) is 1. The van der Waals surface area contributed by atoms with E-state index in [2.05, 4.69) is 4.72 Å². The quantitative estimate of drug-likeness (QED) is 0.824. The molecule has 0 amide bonds. The second-order valence-electron chi connectivity index (χ2n) is 6.55.